The fourth-order valence-corrected chi connectivity index (χ4v) is 4.03. The molecular weight excluding hydrogens is 304 g/mol. The number of fused-ring (bicyclic) bond motifs is 1. The van der Waals surface area contributed by atoms with Crippen LogP contribution in [0.15, 0.2) is 6.07 Å². The highest BCUT2D eigenvalue weighted by molar-refractivity contribution is 5.79. The minimum absolute atomic E-state index is 0.0372. The van der Waals surface area contributed by atoms with E-state index >= 15 is 0 Å². The Bertz CT molecular complexity index is 601. The van der Waals surface area contributed by atoms with Gasteiger partial charge < -0.3 is 15.0 Å². The molecule has 6 heteroatoms. The molecule has 0 bridgehead atoms. The van der Waals surface area contributed by atoms with Crippen molar-refractivity contribution in [1.29, 1.82) is 0 Å². The predicted molar refractivity (Wildman–Crippen MR) is 91.0 cm³/mol. The Hall–Kier alpha value is -1.69. The quantitative estimate of drug-likeness (QED) is 0.906. The number of piperidine rings is 1. The van der Waals surface area contributed by atoms with E-state index in [0.29, 0.717) is 6.54 Å². The first-order valence-corrected chi connectivity index (χ1v) is 9.29. The molecular formula is C18H26N4O2. The van der Waals surface area contributed by atoms with Gasteiger partial charge in [-0.05, 0) is 56.6 Å². The van der Waals surface area contributed by atoms with Gasteiger partial charge in [-0.15, -0.1) is 5.10 Å². The van der Waals surface area contributed by atoms with Crippen LogP contribution in [0, 0.1) is 5.92 Å². The average Bonchev–Trinajstić information content (AvgIpc) is 3.30. The molecule has 4 rings (SSSR count). The van der Waals surface area contributed by atoms with Gasteiger partial charge in [0.15, 0.2) is 5.82 Å². The van der Waals surface area contributed by atoms with Crippen LogP contribution in [0.5, 0.6) is 0 Å². The zero-order valence-electron chi connectivity index (χ0n) is 14.2. The van der Waals surface area contributed by atoms with Gasteiger partial charge in [0.05, 0.1) is 17.7 Å². The number of anilines is 1. The summed E-state index contributed by atoms with van der Waals surface area (Å²) in [6.45, 7) is 3.18. The van der Waals surface area contributed by atoms with Crippen molar-refractivity contribution in [3.63, 3.8) is 0 Å². The molecule has 1 N–H and O–H groups in total. The monoisotopic (exact) mass is 330 g/mol. The third-order valence-electron chi connectivity index (χ3n) is 5.45. The Morgan fingerprint density at radius 3 is 3.08 bits per heavy atom. The largest absolute Gasteiger partial charge is 0.376 e. The van der Waals surface area contributed by atoms with E-state index < -0.39 is 0 Å². The number of hydrogen-bond acceptors (Lipinski definition) is 5. The standard InChI is InChI=1S/C18H26N4O2/c23-18(19-11-15-6-3-9-24-15)14-5-2-8-22(12-14)17-10-13-4-1-7-16(13)20-21-17/h10,14-15H,1-9,11-12H2,(H,19,23). The highest BCUT2D eigenvalue weighted by atomic mass is 16.5. The molecule has 130 valence electrons. The highest BCUT2D eigenvalue weighted by Gasteiger charge is 2.28. The van der Waals surface area contributed by atoms with Gasteiger partial charge in [-0.25, -0.2) is 0 Å². The van der Waals surface area contributed by atoms with Crippen molar-refractivity contribution in [1.82, 2.24) is 15.5 Å². The van der Waals surface area contributed by atoms with Gasteiger partial charge in [0.1, 0.15) is 0 Å². The molecule has 2 atom stereocenters. The summed E-state index contributed by atoms with van der Waals surface area (Å²) in [5, 5.41) is 11.9. The minimum Gasteiger partial charge on any atom is -0.376 e. The lowest BCUT2D eigenvalue weighted by Gasteiger charge is -2.33. The van der Waals surface area contributed by atoms with Crippen LogP contribution < -0.4 is 10.2 Å². The zero-order chi connectivity index (χ0) is 16.4. The van der Waals surface area contributed by atoms with Crippen LogP contribution in [0.4, 0.5) is 5.82 Å². The summed E-state index contributed by atoms with van der Waals surface area (Å²) in [4.78, 5) is 14.7. The van der Waals surface area contributed by atoms with E-state index in [2.05, 4.69) is 26.5 Å². The van der Waals surface area contributed by atoms with Crippen molar-refractivity contribution in [3.05, 3.63) is 17.3 Å². The summed E-state index contributed by atoms with van der Waals surface area (Å²) in [5.74, 6) is 1.13. The molecule has 0 aromatic carbocycles. The number of amides is 1. The van der Waals surface area contributed by atoms with Gasteiger partial charge in [0, 0.05) is 26.2 Å². The maximum absolute atomic E-state index is 12.5. The van der Waals surface area contributed by atoms with Crippen LogP contribution in [-0.2, 0) is 22.4 Å². The van der Waals surface area contributed by atoms with E-state index in [1.807, 2.05) is 0 Å². The summed E-state index contributed by atoms with van der Waals surface area (Å²) >= 11 is 0. The number of rotatable bonds is 4. The maximum atomic E-state index is 12.5. The van der Waals surface area contributed by atoms with Gasteiger partial charge in [-0.3, -0.25) is 4.79 Å². The van der Waals surface area contributed by atoms with Crippen molar-refractivity contribution >= 4 is 11.7 Å². The maximum Gasteiger partial charge on any atom is 0.224 e. The molecule has 0 spiro atoms. The number of carbonyl (C=O) groups excluding carboxylic acids is 1. The van der Waals surface area contributed by atoms with Crippen molar-refractivity contribution in [2.75, 3.05) is 31.1 Å². The van der Waals surface area contributed by atoms with Gasteiger partial charge in [0.25, 0.3) is 0 Å². The van der Waals surface area contributed by atoms with Crippen molar-refractivity contribution < 1.29 is 9.53 Å². The Morgan fingerprint density at radius 1 is 1.25 bits per heavy atom. The van der Waals surface area contributed by atoms with Crippen molar-refractivity contribution in [3.8, 4) is 0 Å². The second-order valence-corrected chi connectivity index (χ2v) is 7.19. The zero-order valence-corrected chi connectivity index (χ0v) is 14.2. The summed E-state index contributed by atoms with van der Waals surface area (Å²) < 4.78 is 5.58. The second kappa shape index (κ2) is 7.05. The van der Waals surface area contributed by atoms with E-state index in [-0.39, 0.29) is 17.9 Å². The van der Waals surface area contributed by atoms with Crippen LogP contribution in [0.3, 0.4) is 0 Å². The normalized spacial score (nSPS) is 26.4. The summed E-state index contributed by atoms with van der Waals surface area (Å²) in [6, 6.07) is 2.18. The molecule has 2 unspecified atom stereocenters. The smallest absolute Gasteiger partial charge is 0.224 e. The number of hydrogen-bond donors (Lipinski definition) is 1. The molecule has 2 saturated heterocycles. The highest BCUT2D eigenvalue weighted by Crippen LogP contribution is 2.26. The molecule has 2 fully saturated rings. The fourth-order valence-electron chi connectivity index (χ4n) is 4.03. The Kier molecular flexibility index (Phi) is 4.65. The predicted octanol–water partition coefficient (Wildman–Crippen LogP) is 1.48. The number of nitrogens with zero attached hydrogens (tertiary/aromatic N) is 3. The number of aryl methyl sites for hydroxylation is 2. The molecule has 24 heavy (non-hydrogen) atoms. The molecule has 3 aliphatic rings. The first-order chi connectivity index (χ1) is 11.8. The number of aromatic nitrogens is 2. The fraction of sp³-hybridized carbons (Fsp3) is 0.722. The van der Waals surface area contributed by atoms with Crippen LogP contribution in [-0.4, -0.2) is 48.4 Å². The van der Waals surface area contributed by atoms with Gasteiger partial charge in [0.2, 0.25) is 5.91 Å². The molecule has 1 amide bonds. The van der Waals surface area contributed by atoms with E-state index in [4.69, 9.17) is 4.74 Å². The van der Waals surface area contributed by atoms with Gasteiger partial charge >= 0.3 is 0 Å². The van der Waals surface area contributed by atoms with E-state index in [9.17, 15) is 4.79 Å². The molecule has 0 saturated carbocycles. The summed E-state index contributed by atoms with van der Waals surface area (Å²) in [6.07, 6.45) is 7.69. The van der Waals surface area contributed by atoms with E-state index in [0.717, 1.165) is 69.7 Å². The Labute approximate surface area is 143 Å². The summed E-state index contributed by atoms with van der Waals surface area (Å²) in [7, 11) is 0. The lowest BCUT2D eigenvalue weighted by atomic mass is 9.97. The lowest BCUT2D eigenvalue weighted by molar-refractivity contribution is -0.125. The molecule has 3 heterocycles. The Balaban J connectivity index is 1.35. The van der Waals surface area contributed by atoms with Crippen LogP contribution >= 0.6 is 0 Å². The first kappa shape index (κ1) is 15.8. The van der Waals surface area contributed by atoms with Crippen molar-refractivity contribution in [2.45, 2.75) is 51.0 Å². The lowest BCUT2D eigenvalue weighted by Crippen LogP contribution is -2.45. The molecule has 1 aliphatic carbocycles. The molecule has 0 radical (unpaired) electrons. The van der Waals surface area contributed by atoms with Gasteiger partial charge in [-0.2, -0.15) is 5.10 Å². The van der Waals surface area contributed by atoms with E-state index in [1.165, 1.54) is 12.0 Å². The third-order valence-corrected chi connectivity index (χ3v) is 5.45. The Morgan fingerprint density at radius 2 is 2.21 bits per heavy atom. The third kappa shape index (κ3) is 3.38. The first-order valence-electron chi connectivity index (χ1n) is 9.29. The van der Waals surface area contributed by atoms with Crippen LogP contribution in [0.25, 0.3) is 0 Å². The molecule has 1 aromatic heterocycles. The van der Waals surface area contributed by atoms with Gasteiger partial charge in [-0.1, -0.05) is 0 Å². The minimum atomic E-state index is 0.0372. The SMILES string of the molecule is O=C(NCC1CCCO1)C1CCCN(c2cc3c(nn2)CCC3)C1. The molecule has 6 nitrogen and oxygen atoms in total. The van der Waals surface area contributed by atoms with Crippen LogP contribution in [0.1, 0.15) is 43.4 Å². The number of carbonyl (C=O) groups is 1. The van der Waals surface area contributed by atoms with Crippen molar-refractivity contribution in [2.24, 2.45) is 5.92 Å². The topological polar surface area (TPSA) is 67.3 Å². The molecule has 2 aliphatic heterocycles. The average molecular weight is 330 g/mol. The van der Waals surface area contributed by atoms with E-state index in [1.54, 1.807) is 0 Å². The molecule has 1 aromatic rings. The second-order valence-electron chi connectivity index (χ2n) is 7.19. The summed E-state index contributed by atoms with van der Waals surface area (Å²) in [5.41, 5.74) is 2.49. The van der Waals surface area contributed by atoms with Crippen LogP contribution in [0.2, 0.25) is 0 Å². The number of ether oxygens (including phenoxy) is 1. The number of nitrogens with one attached hydrogen (secondary N) is 1.